The summed E-state index contributed by atoms with van der Waals surface area (Å²) in [6.07, 6.45) is 2.76. The molecule has 1 unspecified atom stereocenters. The number of aromatic nitrogens is 2. The fourth-order valence-electron chi connectivity index (χ4n) is 3.48. The molecule has 6 heteroatoms. The Morgan fingerprint density at radius 3 is 2.63 bits per heavy atom. The lowest BCUT2D eigenvalue weighted by molar-refractivity contribution is -0.119. The van der Waals surface area contributed by atoms with Crippen LogP contribution in [0.1, 0.15) is 48.6 Å². The number of hydrogen-bond donors (Lipinski definition) is 1. The Balaban J connectivity index is 1.72. The van der Waals surface area contributed by atoms with E-state index in [0.717, 1.165) is 42.0 Å². The van der Waals surface area contributed by atoms with Crippen LogP contribution in [0.3, 0.4) is 0 Å². The van der Waals surface area contributed by atoms with Crippen LogP contribution < -0.4 is 5.32 Å². The smallest absolute Gasteiger partial charge is 0.253 e. The minimum Gasteiger partial charge on any atom is -0.352 e. The first-order valence-corrected chi connectivity index (χ1v) is 9.47. The number of carbonyl (C=O) groups excluding carboxylic acids is 2. The molecule has 27 heavy (non-hydrogen) atoms. The molecule has 2 aromatic rings. The number of carbonyl (C=O) groups is 2. The molecule has 3 rings (SSSR count). The van der Waals surface area contributed by atoms with Crippen LogP contribution in [0.2, 0.25) is 0 Å². The number of rotatable bonds is 5. The molecule has 0 radical (unpaired) electrons. The highest BCUT2D eigenvalue weighted by molar-refractivity contribution is 5.95. The number of nitrogens with one attached hydrogen (secondary N) is 1. The summed E-state index contributed by atoms with van der Waals surface area (Å²) in [7, 11) is 0. The van der Waals surface area contributed by atoms with E-state index in [0.29, 0.717) is 18.7 Å². The van der Waals surface area contributed by atoms with Crippen molar-refractivity contribution in [3.8, 4) is 11.3 Å². The van der Waals surface area contributed by atoms with Crippen molar-refractivity contribution in [1.29, 1.82) is 0 Å². The predicted octanol–water partition coefficient (Wildman–Crippen LogP) is 2.76. The molecule has 1 aliphatic rings. The van der Waals surface area contributed by atoms with Gasteiger partial charge in [-0.15, -0.1) is 0 Å². The lowest BCUT2D eigenvalue weighted by Gasteiger charge is -2.17. The normalized spacial score (nSPS) is 16.4. The minimum atomic E-state index is -0.0544. The van der Waals surface area contributed by atoms with Gasteiger partial charge < -0.3 is 10.2 Å². The Morgan fingerprint density at radius 2 is 1.96 bits per heavy atom. The maximum atomic E-state index is 12.7. The molecule has 1 N–H and O–H groups in total. The first-order chi connectivity index (χ1) is 13.0. The van der Waals surface area contributed by atoms with E-state index in [1.54, 1.807) is 4.90 Å². The molecular weight excluding hydrogens is 340 g/mol. The van der Waals surface area contributed by atoms with Gasteiger partial charge in [0.05, 0.1) is 5.69 Å². The molecule has 1 saturated heterocycles. The average molecular weight is 366 g/mol. The molecule has 6 nitrogen and oxygen atoms in total. The third kappa shape index (κ3) is 4.70. The number of hydrogen-bond acceptors (Lipinski definition) is 4. The number of likely N-dealkylation sites (tertiary alicyclic amines) is 1. The molecule has 1 aliphatic heterocycles. The molecule has 142 valence electrons. The first kappa shape index (κ1) is 19.0. The standard InChI is InChI=1S/C21H26N4O2/c1-4-5-18-12-20(23-14(2)22-18)16-6-8-17(9-7-16)21(27)25-11-10-19(13-25)24-15(3)26/h6-9,12,19H,4-5,10-11,13H2,1-3H3,(H,24,26). The Morgan fingerprint density at radius 1 is 1.22 bits per heavy atom. The molecule has 1 aromatic carbocycles. The maximum Gasteiger partial charge on any atom is 0.253 e. The molecule has 0 spiro atoms. The predicted molar refractivity (Wildman–Crippen MR) is 104 cm³/mol. The van der Waals surface area contributed by atoms with Crippen LogP contribution in [0, 0.1) is 6.92 Å². The van der Waals surface area contributed by atoms with Gasteiger partial charge in [0, 0.05) is 42.9 Å². The maximum absolute atomic E-state index is 12.7. The van der Waals surface area contributed by atoms with Gasteiger partial charge in [0.1, 0.15) is 5.82 Å². The fourth-order valence-corrected chi connectivity index (χ4v) is 3.48. The monoisotopic (exact) mass is 366 g/mol. The second-order valence-electron chi connectivity index (χ2n) is 7.06. The van der Waals surface area contributed by atoms with E-state index in [9.17, 15) is 9.59 Å². The van der Waals surface area contributed by atoms with Gasteiger partial charge in [-0.3, -0.25) is 9.59 Å². The van der Waals surface area contributed by atoms with E-state index in [-0.39, 0.29) is 17.9 Å². The van der Waals surface area contributed by atoms with E-state index in [1.807, 2.05) is 37.3 Å². The summed E-state index contributed by atoms with van der Waals surface area (Å²) in [5.74, 6) is 0.707. The Kier molecular flexibility index (Phi) is 5.84. The Labute approximate surface area is 160 Å². The highest BCUT2D eigenvalue weighted by Gasteiger charge is 2.27. The van der Waals surface area contributed by atoms with Crippen molar-refractivity contribution in [2.24, 2.45) is 0 Å². The zero-order valence-corrected chi connectivity index (χ0v) is 16.2. The molecule has 2 amide bonds. The third-order valence-electron chi connectivity index (χ3n) is 4.71. The van der Waals surface area contributed by atoms with Crippen molar-refractivity contribution in [2.45, 2.75) is 46.1 Å². The SMILES string of the molecule is CCCc1cc(-c2ccc(C(=O)N3CCC(NC(C)=O)C3)cc2)nc(C)n1. The van der Waals surface area contributed by atoms with Crippen LogP contribution in [0.4, 0.5) is 0 Å². The van der Waals surface area contributed by atoms with E-state index >= 15 is 0 Å². The van der Waals surface area contributed by atoms with Gasteiger partial charge in [-0.2, -0.15) is 0 Å². The van der Waals surface area contributed by atoms with Gasteiger partial charge in [0.2, 0.25) is 5.91 Å². The van der Waals surface area contributed by atoms with Crippen molar-refractivity contribution >= 4 is 11.8 Å². The summed E-state index contributed by atoms with van der Waals surface area (Å²) < 4.78 is 0. The van der Waals surface area contributed by atoms with Crippen LogP contribution in [0.25, 0.3) is 11.3 Å². The van der Waals surface area contributed by atoms with E-state index in [4.69, 9.17) is 0 Å². The number of aryl methyl sites for hydroxylation is 2. The van der Waals surface area contributed by atoms with Crippen LogP contribution in [0.15, 0.2) is 30.3 Å². The summed E-state index contributed by atoms with van der Waals surface area (Å²) in [6, 6.07) is 9.64. The topological polar surface area (TPSA) is 75.2 Å². The largest absolute Gasteiger partial charge is 0.352 e. The number of benzene rings is 1. The van der Waals surface area contributed by atoms with Crippen molar-refractivity contribution < 1.29 is 9.59 Å². The molecular formula is C21H26N4O2. The molecule has 0 saturated carbocycles. The van der Waals surface area contributed by atoms with Gasteiger partial charge in [0.25, 0.3) is 5.91 Å². The summed E-state index contributed by atoms with van der Waals surface area (Å²) in [5.41, 5.74) is 3.56. The zero-order chi connectivity index (χ0) is 19.4. The second-order valence-corrected chi connectivity index (χ2v) is 7.06. The number of amides is 2. The third-order valence-corrected chi connectivity index (χ3v) is 4.71. The lowest BCUT2D eigenvalue weighted by atomic mass is 10.1. The average Bonchev–Trinajstić information content (AvgIpc) is 3.09. The highest BCUT2D eigenvalue weighted by atomic mass is 16.2. The minimum absolute atomic E-state index is 0.0000536. The van der Waals surface area contributed by atoms with Crippen molar-refractivity contribution in [1.82, 2.24) is 20.2 Å². The Hall–Kier alpha value is -2.76. The fraction of sp³-hybridized carbons (Fsp3) is 0.429. The van der Waals surface area contributed by atoms with Crippen molar-refractivity contribution in [3.63, 3.8) is 0 Å². The summed E-state index contributed by atoms with van der Waals surface area (Å²) in [4.78, 5) is 34.7. The number of nitrogens with zero attached hydrogens (tertiary/aromatic N) is 3. The molecule has 2 heterocycles. The van der Waals surface area contributed by atoms with Crippen molar-refractivity contribution in [2.75, 3.05) is 13.1 Å². The van der Waals surface area contributed by atoms with Crippen LogP contribution in [0.5, 0.6) is 0 Å². The van der Waals surface area contributed by atoms with Gasteiger partial charge in [-0.25, -0.2) is 9.97 Å². The van der Waals surface area contributed by atoms with Gasteiger partial charge in [-0.05, 0) is 38.0 Å². The van der Waals surface area contributed by atoms with Gasteiger partial charge in [0.15, 0.2) is 0 Å². The van der Waals surface area contributed by atoms with E-state index in [1.165, 1.54) is 6.92 Å². The summed E-state index contributed by atoms with van der Waals surface area (Å²) in [5, 5.41) is 2.88. The molecule has 1 aromatic heterocycles. The van der Waals surface area contributed by atoms with Crippen LogP contribution in [-0.4, -0.2) is 45.8 Å². The molecule has 1 atom stereocenters. The van der Waals surface area contributed by atoms with Crippen LogP contribution >= 0.6 is 0 Å². The summed E-state index contributed by atoms with van der Waals surface area (Å²) in [6.45, 7) is 6.76. The quantitative estimate of drug-likeness (QED) is 0.883. The first-order valence-electron chi connectivity index (χ1n) is 9.47. The van der Waals surface area contributed by atoms with Gasteiger partial charge >= 0.3 is 0 Å². The molecule has 0 bridgehead atoms. The van der Waals surface area contributed by atoms with E-state index < -0.39 is 0 Å². The Bertz CT molecular complexity index is 833. The van der Waals surface area contributed by atoms with Crippen LogP contribution in [-0.2, 0) is 11.2 Å². The van der Waals surface area contributed by atoms with Gasteiger partial charge in [-0.1, -0.05) is 25.5 Å². The second kappa shape index (κ2) is 8.29. The highest BCUT2D eigenvalue weighted by Crippen LogP contribution is 2.21. The molecule has 1 fully saturated rings. The zero-order valence-electron chi connectivity index (χ0n) is 16.2. The van der Waals surface area contributed by atoms with Crippen molar-refractivity contribution in [3.05, 3.63) is 47.4 Å². The molecule has 0 aliphatic carbocycles. The lowest BCUT2D eigenvalue weighted by Crippen LogP contribution is -2.37. The van der Waals surface area contributed by atoms with E-state index in [2.05, 4.69) is 22.2 Å². The summed E-state index contributed by atoms with van der Waals surface area (Å²) >= 11 is 0.